The molecule has 2 aromatic rings. The quantitative estimate of drug-likeness (QED) is 0.593. The summed E-state index contributed by atoms with van der Waals surface area (Å²) in [6.45, 7) is 3.25. The Bertz CT molecular complexity index is 888. The van der Waals surface area contributed by atoms with E-state index in [1.54, 1.807) is 29.2 Å². The van der Waals surface area contributed by atoms with E-state index in [1.807, 2.05) is 4.90 Å². The minimum Gasteiger partial charge on any atom is -0.465 e. The van der Waals surface area contributed by atoms with E-state index < -0.39 is 11.8 Å². The second-order valence-electron chi connectivity index (χ2n) is 6.16. The molecule has 3 rings (SSSR count). The van der Waals surface area contributed by atoms with Crippen LogP contribution in [0.5, 0.6) is 0 Å². The van der Waals surface area contributed by atoms with Gasteiger partial charge in [0.25, 0.3) is 5.91 Å². The summed E-state index contributed by atoms with van der Waals surface area (Å²) in [5.41, 5.74) is 0.764. The van der Waals surface area contributed by atoms with Gasteiger partial charge in [0, 0.05) is 31.7 Å². The number of amides is 1. The number of carbonyl (C=O) groups is 3. The largest absolute Gasteiger partial charge is 0.465 e. The van der Waals surface area contributed by atoms with Gasteiger partial charge in [0.1, 0.15) is 10.7 Å². The van der Waals surface area contributed by atoms with Crippen LogP contribution in [0, 0.1) is 5.82 Å². The van der Waals surface area contributed by atoms with Gasteiger partial charge in [-0.15, -0.1) is 11.3 Å². The van der Waals surface area contributed by atoms with Crippen molar-refractivity contribution in [2.24, 2.45) is 0 Å². The third kappa shape index (κ3) is 4.00. The van der Waals surface area contributed by atoms with Gasteiger partial charge >= 0.3 is 5.97 Å². The number of halogens is 1. The van der Waals surface area contributed by atoms with E-state index in [2.05, 4.69) is 4.74 Å². The number of ketones is 1. The van der Waals surface area contributed by atoms with Crippen molar-refractivity contribution in [1.29, 1.82) is 0 Å². The summed E-state index contributed by atoms with van der Waals surface area (Å²) in [4.78, 5) is 39.9. The fraction of sp³-hybridized carbons (Fsp3) is 0.316. The molecule has 0 radical (unpaired) electrons. The van der Waals surface area contributed by atoms with Gasteiger partial charge in [0.2, 0.25) is 0 Å². The Morgan fingerprint density at radius 1 is 1.04 bits per heavy atom. The smallest absolute Gasteiger partial charge is 0.348 e. The van der Waals surface area contributed by atoms with Crippen LogP contribution in [0.2, 0.25) is 0 Å². The lowest BCUT2D eigenvalue weighted by molar-refractivity contribution is 0.0606. The number of thiophene rings is 1. The first kappa shape index (κ1) is 19.0. The van der Waals surface area contributed by atoms with Crippen molar-refractivity contribution in [3.8, 4) is 0 Å². The zero-order valence-corrected chi connectivity index (χ0v) is 15.8. The van der Waals surface area contributed by atoms with E-state index in [1.165, 1.54) is 20.1 Å². The molecule has 0 unspecified atom stereocenters. The van der Waals surface area contributed by atoms with E-state index in [9.17, 15) is 18.8 Å². The summed E-state index contributed by atoms with van der Waals surface area (Å²) in [5.74, 6) is -1.24. The zero-order chi connectivity index (χ0) is 19.6. The number of rotatable bonds is 4. The predicted octanol–water partition coefficient (Wildman–Crippen LogP) is 2.84. The molecule has 142 valence electrons. The van der Waals surface area contributed by atoms with Crippen LogP contribution in [0.25, 0.3) is 0 Å². The first-order valence-electron chi connectivity index (χ1n) is 8.43. The molecule has 0 aliphatic carbocycles. The van der Waals surface area contributed by atoms with E-state index in [0.717, 1.165) is 11.3 Å². The number of hydrogen-bond acceptors (Lipinski definition) is 6. The molecule has 6 nitrogen and oxygen atoms in total. The number of Topliss-reactive ketones (excluding diaryl/α,β-unsaturated/α-hetero) is 1. The number of ether oxygens (including phenoxy) is 1. The molecule has 1 amide bonds. The maximum Gasteiger partial charge on any atom is 0.348 e. The number of carbonyl (C=O) groups excluding carboxylic acids is 3. The monoisotopic (exact) mass is 390 g/mol. The van der Waals surface area contributed by atoms with Crippen LogP contribution in [0.15, 0.2) is 30.3 Å². The summed E-state index contributed by atoms with van der Waals surface area (Å²) in [7, 11) is 1.30. The SMILES string of the molecule is COC(=O)c1ccc(C(=O)N2CCN(c3ccc(C(C)=O)cc3F)CC2)s1. The Morgan fingerprint density at radius 2 is 1.70 bits per heavy atom. The van der Waals surface area contributed by atoms with Gasteiger partial charge in [0.15, 0.2) is 5.78 Å². The predicted molar refractivity (Wildman–Crippen MR) is 100 cm³/mol. The lowest BCUT2D eigenvalue weighted by Gasteiger charge is -2.36. The summed E-state index contributed by atoms with van der Waals surface area (Å²) in [5, 5.41) is 0. The highest BCUT2D eigenvalue weighted by Crippen LogP contribution is 2.24. The minimum atomic E-state index is -0.464. The summed E-state index contributed by atoms with van der Waals surface area (Å²) in [6, 6.07) is 7.65. The van der Waals surface area contributed by atoms with E-state index in [-0.39, 0.29) is 11.7 Å². The lowest BCUT2D eigenvalue weighted by atomic mass is 10.1. The lowest BCUT2D eigenvalue weighted by Crippen LogP contribution is -2.48. The molecular formula is C19H19FN2O4S. The van der Waals surface area contributed by atoms with Crippen molar-refractivity contribution < 1.29 is 23.5 Å². The van der Waals surface area contributed by atoms with Crippen molar-refractivity contribution in [1.82, 2.24) is 4.90 Å². The second kappa shape index (κ2) is 7.87. The molecule has 0 bridgehead atoms. The van der Waals surface area contributed by atoms with Crippen LogP contribution >= 0.6 is 11.3 Å². The van der Waals surface area contributed by atoms with Crippen LogP contribution < -0.4 is 4.90 Å². The molecule has 1 saturated heterocycles. The molecule has 1 aromatic carbocycles. The number of piperazine rings is 1. The average Bonchev–Trinajstić information content (AvgIpc) is 3.17. The summed E-state index contributed by atoms with van der Waals surface area (Å²) in [6.07, 6.45) is 0. The van der Waals surface area contributed by atoms with Crippen molar-refractivity contribution >= 4 is 34.7 Å². The highest BCUT2D eigenvalue weighted by molar-refractivity contribution is 7.15. The van der Waals surface area contributed by atoms with Gasteiger partial charge in [-0.2, -0.15) is 0 Å². The third-order valence-electron chi connectivity index (χ3n) is 4.47. The normalized spacial score (nSPS) is 14.2. The fourth-order valence-electron chi connectivity index (χ4n) is 2.95. The van der Waals surface area contributed by atoms with Crippen molar-refractivity contribution in [2.75, 3.05) is 38.2 Å². The first-order valence-corrected chi connectivity index (χ1v) is 9.25. The zero-order valence-electron chi connectivity index (χ0n) is 15.0. The molecule has 0 atom stereocenters. The Labute approximate surface area is 160 Å². The molecule has 0 saturated carbocycles. The third-order valence-corrected chi connectivity index (χ3v) is 5.52. The first-order chi connectivity index (χ1) is 12.9. The maximum atomic E-state index is 14.3. The van der Waals surface area contributed by atoms with E-state index >= 15 is 0 Å². The second-order valence-corrected chi connectivity index (χ2v) is 7.24. The number of nitrogens with zero attached hydrogens (tertiary/aromatic N) is 2. The van der Waals surface area contributed by atoms with E-state index in [4.69, 9.17) is 0 Å². The molecule has 2 heterocycles. The number of hydrogen-bond donors (Lipinski definition) is 0. The Kier molecular flexibility index (Phi) is 5.55. The fourth-order valence-corrected chi connectivity index (χ4v) is 3.84. The summed E-state index contributed by atoms with van der Waals surface area (Å²) < 4.78 is 19.0. The Hall–Kier alpha value is -2.74. The molecule has 0 N–H and O–H groups in total. The highest BCUT2D eigenvalue weighted by Gasteiger charge is 2.25. The van der Waals surface area contributed by atoms with Gasteiger partial charge in [-0.1, -0.05) is 0 Å². The van der Waals surface area contributed by atoms with Crippen molar-refractivity contribution in [3.63, 3.8) is 0 Å². The number of anilines is 1. The van der Waals surface area contributed by atoms with E-state index in [0.29, 0.717) is 47.2 Å². The number of benzene rings is 1. The highest BCUT2D eigenvalue weighted by atomic mass is 32.1. The molecule has 1 aliphatic heterocycles. The standard InChI is InChI=1S/C19H19FN2O4S/c1-12(23)13-3-4-15(14(20)11-13)21-7-9-22(10-8-21)18(24)16-5-6-17(27-16)19(25)26-2/h3-6,11H,7-10H2,1-2H3. The van der Waals surface area contributed by atoms with Crippen LogP contribution in [0.1, 0.15) is 36.6 Å². The van der Waals surface area contributed by atoms with Crippen molar-refractivity contribution in [3.05, 3.63) is 51.5 Å². The average molecular weight is 390 g/mol. The van der Waals surface area contributed by atoms with Gasteiger partial charge in [-0.05, 0) is 37.3 Å². The van der Waals surface area contributed by atoms with Gasteiger partial charge in [-0.3, -0.25) is 9.59 Å². The topological polar surface area (TPSA) is 66.9 Å². The summed E-state index contributed by atoms with van der Waals surface area (Å²) >= 11 is 1.10. The molecule has 1 aromatic heterocycles. The molecule has 1 aliphatic rings. The minimum absolute atomic E-state index is 0.151. The molecule has 8 heteroatoms. The number of esters is 1. The Morgan fingerprint density at radius 3 is 2.30 bits per heavy atom. The van der Waals surface area contributed by atoms with Gasteiger partial charge in [-0.25, -0.2) is 9.18 Å². The molecule has 27 heavy (non-hydrogen) atoms. The van der Waals surface area contributed by atoms with Gasteiger partial charge in [0.05, 0.1) is 17.7 Å². The van der Waals surface area contributed by atoms with Crippen molar-refractivity contribution in [2.45, 2.75) is 6.92 Å². The van der Waals surface area contributed by atoms with Crippen LogP contribution in [-0.2, 0) is 4.74 Å². The molecular weight excluding hydrogens is 371 g/mol. The van der Waals surface area contributed by atoms with Gasteiger partial charge < -0.3 is 14.5 Å². The molecule has 1 fully saturated rings. The number of methoxy groups -OCH3 is 1. The molecule has 0 spiro atoms. The van der Waals surface area contributed by atoms with Crippen LogP contribution in [-0.4, -0.2) is 55.8 Å². The van der Waals surface area contributed by atoms with Crippen LogP contribution in [0.4, 0.5) is 10.1 Å². The Balaban J connectivity index is 1.65. The maximum absolute atomic E-state index is 14.3. The van der Waals surface area contributed by atoms with Crippen LogP contribution in [0.3, 0.4) is 0 Å².